The number of rotatable bonds is 4. The molecule has 8 heteroatoms. The first-order chi connectivity index (χ1) is 14.6. The molecule has 2 aromatic carbocycles. The average Bonchev–Trinajstić information content (AvgIpc) is 3.35. The van der Waals surface area contributed by atoms with E-state index in [9.17, 15) is 4.79 Å². The Kier molecular flexibility index (Phi) is 4.52. The number of fused-ring (bicyclic) bond motifs is 2. The maximum Gasteiger partial charge on any atom is 0.251 e. The van der Waals surface area contributed by atoms with Crippen LogP contribution in [0.5, 0.6) is 11.5 Å². The summed E-state index contributed by atoms with van der Waals surface area (Å²) in [6, 6.07) is 14.5. The predicted octanol–water partition coefficient (Wildman–Crippen LogP) is 4.04. The van der Waals surface area contributed by atoms with Crippen LogP contribution in [0.4, 0.5) is 0 Å². The molecule has 5 rings (SSSR count). The van der Waals surface area contributed by atoms with E-state index in [1.165, 1.54) is 0 Å². The lowest BCUT2D eigenvalue weighted by atomic mass is 10.1. The van der Waals surface area contributed by atoms with Gasteiger partial charge in [0.2, 0.25) is 6.79 Å². The highest BCUT2D eigenvalue weighted by atomic mass is 35.5. The van der Waals surface area contributed by atoms with Gasteiger partial charge < -0.3 is 14.8 Å². The molecule has 1 amide bonds. The van der Waals surface area contributed by atoms with Crippen LogP contribution in [-0.4, -0.2) is 27.2 Å². The van der Waals surface area contributed by atoms with Crippen LogP contribution < -0.4 is 14.8 Å². The molecule has 0 aliphatic carbocycles. The molecule has 1 aliphatic rings. The van der Waals surface area contributed by atoms with Gasteiger partial charge in [0.25, 0.3) is 5.91 Å². The lowest BCUT2D eigenvalue weighted by Gasteiger charge is -2.11. The van der Waals surface area contributed by atoms with Crippen molar-refractivity contribution >= 4 is 28.7 Å². The minimum atomic E-state index is -0.208. The molecule has 0 atom stereocenters. The van der Waals surface area contributed by atoms with Gasteiger partial charge in [-0.05, 0) is 55.0 Å². The number of ether oxygens (including phenoxy) is 2. The van der Waals surface area contributed by atoms with E-state index in [0.29, 0.717) is 40.0 Å². The van der Waals surface area contributed by atoms with E-state index in [2.05, 4.69) is 15.3 Å². The summed E-state index contributed by atoms with van der Waals surface area (Å²) in [7, 11) is 0. The van der Waals surface area contributed by atoms with Gasteiger partial charge in [0.15, 0.2) is 17.1 Å². The lowest BCUT2D eigenvalue weighted by Crippen LogP contribution is -2.23. The zero-order valence-corrected chi connectivity index (χ0v) is 16.8. The summed E-state index contributed by atoms with van der Waals surface area (Å²) in [6.07, 6.45) is 1.70. The van der Waals surface area contributed by atoms with Gasteiger partial charge in [0, 0.05) is 18.3 Å². The largest absolute Gasteiger partial charge is 0.454 e. The Morgan fingerprint density at radius 3 is 2.93 bits per heavy atom. The van der Waals surface area contributed by atoms with Crippen molar-refractivity contribution in [2.75, 3.05) is 6.79 Å². The second-order valence-corrected chi connectivity index (χ2v) is 7.28. The van der Waals surface area contributed by atoms with Crippen LogP contribution in [0.3, 0.4) is 0 Å². The van der Waals surface area contributed by atoms with Crippen LogP contribution in [0.15, 0.2) is 54.7 Å². The van der Waals surface area contributed by atoms with Crippen molar-refractivity contribution in [1.29, 1.82) is 0 Å². The van der Waals surface area contributed by atoms with E-state index in [1.54, 1.807) is 24.4 Å². The van der Waals surface area contributed by atoms with E-state index >= 15 is 0 Å². The molecule has 150 valence electrons. The monoisotopic (exact) mass is 420 g/mol. The Hall–Kier alpha value is -3.58. The minimum Gasteiger partial charge on any atom is -0.454 e. The number of hydrogen-bond donors (Lipinski definition) is 1. The summed E-state index contributed by atoms with van der Waals surface area (Å²) in [5.41, 5.74) is 3.53. The van der Waals surface area contributed by atoms with E-state index in [1.807, 2.05) is 41.8 Å². The van der Waals surface area contributed by atoms with E-state index in [0.717, 1.165) is 16.9 Å². The summed E-state index contributed by atoms with van der Waals surface area (Å²) >= 11 is 6.46. The molecular weight excluding hydrogens is 404 g/mol. The van der Waals surface area contributed by atoms with Crippen LogP contribution in [0, 0.1) is 6.92 Å². The van der Waals surface area contributed by atoms with Gasteiger partial charge in [0.05, 0.1) is 10.7 Å². The molecule has 0 spiro atoms. The number of nitrogens with one attached hydrogen (secondary N) is 1. The molecule has 0 radical (unpaired) electrons. The highest BCUT2D eigenvalue weighted by molar-refractivity contribution is 6.32. The molecule has 3 heterocycles. The van der Waals surface area contributed by atoms with Crippen molar-refractivity contribution in [2.45, 2.75) is 13.5 Å². The second-order valence-electron chi connectivity index (χ2n) is 6.88. The highest BCUT2D eigenvalue weighted by Gasteiger charge is 2.17. The van der Waals surface area contributed by atoms with Gasteiger partial charge >= 0.3 is 0 Å². The Balaban J connectivity index is 1.41. The summed E-state index contributed by atoms with van der Waals surface area (Å²) in [5, 5.41) is 3.44. The van der Waals surface area contributed by atoms with E-state index in [-0.39, 0.29) is 12.7 Å². The molecule has 0 saturated carbocycles. The van der Waals surface area contributed by atoms with Crippen molar-refractivity contribution in [3.8, 4) is 17.2 Å². The zero-order valence-electron chi connectivity index (χ0n) is 16.1. The maximum absolute atomic E-state index is 12.8. The standard InChI is InChI=1S/C22H17ClN4O3/c1-13-26-17-3-2-8-24-21(17)27(13)18-10-15(5-6-16(18)23)22(28)25-11-14-4-7-19-20(9-14)30-12-29-19/h2-10H,11-12H2,1H3,(H,25,28). The molecule has 1 N–H and O–H groups in total. The molecule has 0 saturated heterocycles. The first kappa shape index (κ1) is 18.4. The van der Waals surface area contributed by atoms with Gasteiger partial charge in [-0.25, -0.2) is 9.97 Å². The molecule has 1 aliphatic heterocycles. The SMILES string of the molecule is Cc1nc2cccnc2n1-c1cc(C(=O)NCc2ccc3c(c2)OCO3)ccc1Cl. The summed E-state index contributed by atoms with van der Waals surface area (Å²) in [5.74, 6) is 1.93. The number of hydrogen-bond acceptors (Lipinski definition) is 5. The number of aryl methyl sites for hydroxylation is 1. The van der Waals surface area contributed by atoms with Gasteiger partial charge in [-0.1, -0.05) is 17.7 Å². The number of carbonyl (C=O) groups is 1. The third-order valence-corrected chi connectivity index (χ3v) is 5.24. The fourth-order valence-electron chi connectivity index (χ4n) is 3.47. The fraction of sp³-hybridized carbons (Fsp3) is 0.136. The van der Waals surface area contributed by atoms with Crippen molar-refractivity contribution < 1.29 is 14.3 Å². The number of benzene rings is 2. The number of aromatic nitrogens is 3. The third-order valence-electron chi connectivity index (χ3n) is 4.92. The molecule has 0 fully saturated rings. The first-order valence-electron chi connectivity index (χ1n) is 9.37. The quantitative estimate of drug-likeness (QED) is 0.539. The average molecular weight is 421 g/mol. The third kappa shape index (κ3) is 3.23. The zero-order chi connectivity index (χ0) is 20.7. The Morgan fingerprint density at radius 2 is 2.03 bits per heavy atom. The highest BCUT2D eigenvalue weighted by Crippen LogP contribution is 2.32. The summed E-state index contributed by atoms with van der Waals surface area (Å²) in [4.78, 5) is 21.7. The topological polar surface area (TPSA) is 78.3 Å². The van der Waals surface area contributed by atoms with Crippen molar-refractivity contribution in [1.82, 2.24) is 19.9 Å². The predicted molar refractivity (Wildman–Crippen MR) is 112 cm³/mol. The molecule has 0 bridgehead atoms. The number of imidazole rings is 1. The molecule has 7 nitrogen and oxygen atoms in total. The number of carbonyl (C=O) groups excluding carboxylic acids is 1. The number of pyridine rings is 1. The molecule has 4 aromatic rings. The fourth-order valence-corrected chi connectivity index (χ4v) is 3.68. The van der Waals surface area contributed by atoms with Crippen molar-refractivity contribution in [3.63, 3.8) is 0 Å². The van der Waals surface area contributed by atoms with Crippen LogP contribution in [-0.2, 0) is 6.54 Å². The van der Waals surface area contributed by atoms with E-state index < -0.39 is 0 Å². The van der Waals surface area contributed by atoms with Gasteiger partial charge in [-0.3, -0.25) is 9.36 Å². The number of amides is 1. The Labute approximate surface area is 177 Å². The van der Waals surface area contributed by atoms with Crippen LogP contribution >= 0.6 is 11.6 Å². The minimum absolute atomic E-state index is 0.208. The molecule has 0 unspecified atom stereocenters. The van der Waals surface area contributed by atoms with Gasteiger partial charge in [0.1, 0.15) is 11.3 Å². The maximum atomic E-state index is 12.8. The van der Waals surface area contributed by atoms with Crippen LogP contribution in [0.1, 0.15) is 21.7 Å². The van der Waals surface area contributed by atoms with Crippen molar-refractivity contribution in [2.24, 2.45) is 0 Å². The summed E-state index contributed by atoms with van der Waals surface area (Å²) in [6.45, 7) is 2.46. The smallest absolute Gasteiger partial charge is 0.251 e. The van der Waals surface area contributed by atoms with Gasteiger partial charge in [-0.15, -0.1) is 0 Å². The number of nitrogens with zero attached hydrogens (tertiary/aromatic N) is 3. The van der Waals surface area contributed by atoms with Crippen LogP contribution in [0.2, 0.25) is 5.02 Å². The lowest BCUT2D eigenvalue weighted by molar-refractivity contribution is 0.0951. The molecular formula is C22H17ClN4O3. The Bertz CT molecular complexity index is 1280. The molecule has 30 heavy (non-hydrogen) atoms. The van der Waals surface area contributed by atoms with Crippen LogP contribution in [0.25, 0.3) is 16.9 Å². The second kappa shape index (κ2) is 7.35. The molecule has 2 aromatic heterocycles. The number of halogens is 1. The van der Waals surface area contributed by atoms with E-state index in [4.69, 9.17) is 21.1 Å². The summed E-state index contributed by atoms with van der Waals surface area (Å²) < 4.78 is 12.6. The van der Waals surface area contributed by atoms with Gasteiger partial charge in [-0.2, -0.15) is 0 Å². The first-order valence-corrected chi connectivity index (χ1v) is 9.75. The normalized spacial score (nSPS) is 12.3. The van der Waals surface area contributed by atoms with Crippen molar-refractivity contribution in [3.05, 3.63) is 76.7 Å². The Morgan fingerprint density at radius 1 is 1.17 bits per heavy atom.